The van der Waals surface area contributed by atoms with Crippen molar-refractivity contribution in [1.82, 2.24) is 15.0 Å². The Balaban J connectivity index is 0.000000399. The van der Waals surface area contributed by atoms with Crippen LogP contribution >= 0.6 is 0 Å². The maximum Gasteiger partial charge on any atom is 0.300 e. The molecule has 1 aromatic carbocycles. The Bertz CT molecular complexity index is 490. The zero-order valence-electron chi connectivity index (χ0n) is 11.3. The number of aryl methyl sites for hydroxylation is 1. The van der Waals surface area contributed by atoms with Gasteiger partial charge in [0.15, 0.2) is 0 Å². The fourth-order valence-corrected chi connectivity index (χ4v) is 1.56. The summed E-state index contributed by atoms with van der Waals surface area (Å²) in [4.78, 5) is 9.00. The van der Waals surface area contributed by atoms with Gasteiger partial charge in [0.25, 0.3) is 5.97 Å². The molecule has 1 aromatic heterocycles. The third kappa shape index (κ3) is 6.35. The molecule has 5 nitrogen and oxygen atoms in total. The SMILES string of the molecule is CC(=O)O.CCCc1cn(Cc2ccccc2)nn1. The zero-order chi connectivity index (χ0) is 14.1. The number of benzene rings is 1. The smallest absolute Gasteiger partial charge is 0.300 e. The minimum atomic E-state index is -0.833. The highest BCUT2D eigenvalue weighted by Crippen LogP contribution is 2.03. The van der Waals surface area contributed by atoms with E-state index in [-0.39, 0.29) is 0 Å². The molecule has 1 N–H and O–H groups in total. The number of nitrogens with zero attached hydrogens (tertiary/aromatic N) is 3. The maximum absolute atomic E-state index is 9.00. The third-order valence-electron chi connectivity index (χ3n) is 2.28. The lowest BCUT2D eigenvalue weighted by Gasteiger charge is -1.99. The van der Waals surface area contributed by atoms with Crippen LogP contribution in [0.15, 0.2) is 36.5 Å². The van der Waals surface area contributed by atoms with Gasteiger partial charge in [-0.25, -0.2) is 4.68 Å². The van der Waals surface area contributed by atoms with Crippen molar-refractivity contribution >= 4 is 5.97 Å². The van der Waals surface area contributed by atoms with Crippen LogP contribution in [-0.2, 0) is 17.8 Å². The lowest BCUT2D eigenvalue weighted by Crippen LogP contribution is -1.99. The first-order valence-corrected chi connectivity index (χ1v) is 6.24. The molecule has 0 bridgehead atoms. The first-order valence-electron chi connectivity index (χ1n) is 6.24. The highest BCUT2D eigenvalue weighted by atomic mass is 16.4. The first kappa shape index (κ1) is 14.9. The third-order valence-corrected chi connectivity index (χ3v) is 2.28. The van der Waals surface area contributed by atoms with Gasteiger partial charge in [-0.05, 0) is 12.0 Å². The predicted molar refractivity (Wildman–Crippen MR) is 72.9 cm³/mol. The average Bonchev–Trinajstić information content (AvgIpc) is 2.78. The Labute approximate surface area is 112 Å². The second-order valence-corrected chi connectivity index (χ2v) is 4.16. The fourth-order valence-electron chi connectivity index (χ4n) is 1.56. The number of rotatable bonds is 4. The lowest BCUT2D eigenvalue weighted by atomic mass is 10.2. The molecule has 0 aliphatic rings. The molecule has 0 aliphatic heterocycles. The van der Waals surface area contributed by atoms with Crippen LogP contribution in [0, 0.1) is 0 Å². The van der Waals surface area contributed by atoms with Crippen LogP contribution in [0.2, 0.25) is 0 Å². The highest BCUT2D eigenvalue weighted by Gasteiger charge is 1.99. The number of aromatic nitrogens is 3. The molecule has 0 atom stereocenters. The summed E-state index contributed by atoms with van der Waals surface area (Å²) in [5, 5.41) is 15.6. The number of carboxylic acid groups (broad SMARTS) is 1. The summed E-state index contributed by atoms with van der Waals surface area (Å²) in [5.41, 5.74) is 2.33. The van der Waals surface area contributed by atoms with Gasteiger partial charge in [-0.1, -0.05) is 48.9 Å². The van der Waals surface area contributed by atoms with E-state index in [1.807, 2.05) is 29.1 Å². The fraction of sp³-hybridized carbons (Fsp3) is 0.357. The van der Waals surface area contributed by atoms with E-state index < -0.39 is 5.97 Å². The molecule has 0 spiro atoms. The Hall–Kier alpha value is -2.17. The van der Waals surface area contributed by atoms with Crippen molar-refractivity contribution in [1.29, 1.82) is 0 Å². The summed E-state index contributed by atoms with van der Waals surface area (Å²) in [6.45, 7) is 4.04. The second-order valence-electron chi connectivity index (χ2n) is 4.16. The molecular formula is C14H19N3O2. The van der Waals surface area contributed by atoms with E-state index in [9.17, 15) is 0 Å². The maximum atomic E-state index is 9.00. The van der Waals surface area contributed by atoms with Gasteiger partial charge >= 0.3 is 0 Å². The molecule has 102 valence electrons. The molecule has 2 rings (SSSR count). The summed E-state index contributed by atoms with van der Waals surface area (Å²) >= 11 is 0. The summed E-state index contributed by atoms with van der Waals surface area (Å²) < 4.78 is 1.89. The Kier molecular flexibility index (Phi) is 6.29. The first-order chi connectivity index (χ1) is 9.11. The van der Waals surface area contributed by atoms with Crippen LogP contribution in [-0.4, -0.2) is 26.1 Å². The molecule has 0 unspecified atom stereocenters. The molecule has 0 saturated heterocycles. The van der Waals surface area contributed by atoms with Crippen LogP contribution in [0.25, 0.3) is 0 Å². The topological polar surface area (TPSA) is 68.0 Å². The van der Waals surface area contributed by atoms with Crippen molar-refractivity contribution in [2.45, 2.75) is 33.2 Å². The van der Waals surface area contributed by atoms with E-state index >= 15 is 0 Å². The number of hydrogen-bond acceptors (Lipinski definition) is 3. The molecule has 0 radical (unpaired) electrons. The van der Waals surface area contributed by atoms with Crippen LogP contribution in [0.1, 0.15) is 31.5 Å². The Morgan fingerprint density at radius 2 is 1.95 bits per heavy atom. The second kappa shape index (κ2) is 8.02. The van der Waals surface area contributed by atoms with Gasteiger partial charge in [-0.3, -0.25) is 4.79 Å². The van der Waals surface area contributed by atoms with Gasteiger partial charge in [0.2, 0.25) is 0 Å². The molecule has 0 amide bonds. The Morgan fingerprint density at radius 3 is 2.53 bits per heavy atom. The van der Waals surface area contributed by atoms with Crippen LogP contribution < -0.4 is 0 Å². The van der Waals surface area contributed by atoms with E-state index in [1.165, 1.54) is 5.56 Å². The molecule has 0 saturated carbocycles. The largest absolute Gasteiger partial charge is 0.481 e. The zero-order valence-corrected chi connectivity index (χ0v) is 11.3. The molecule has 0 aliphatic carbocycles. The van der Waals surface area contributed by atoms with E-state index in [0.717, 1.165) is 32.0 Å². The quantitative estimate of drug-likeness (QED) is 0.917. The van der Waals surface area contributed by atoms with E-state index in [4.69, 9.17) is 9.90 Å². The predicted octanol–water partition coefficient (Wildman–Crippen LogP) is 2.37. The molecule has 5 heteroatoms. The number of hydrogen-bond donors (Lipinski definition) is 1. The van der Waals surface area contributed by atoms with Crippen LogP contribution in [0.3, 0.4) is 0 Å². The van der Waals surface area contributed by atoms with E-state index in [2.05, 4.69) is 29.4 Å². The number of carbonyl (C=O) groups is 1. The normalized spacial score (nSPS) is 9.58. The monoisotopic (exact) mass is 261 g/mol. The van der Waals surface area contributed by atoms with Crippen molar-refractivity contribution in [3.05, 3.63) is 47.8 Å². The van der Waals surface area contributed by atoms with Gasteiger partial charge in [0, 0.05) is 13.1 Å². The van der Waals surface area contributed by atoms with Gasteiger partial charge < -0.3 is 5.11 Å². The molecule has 2 aromatic rings. The Morgan fingerprint density at radius 1 is 1.32 bits per heavy atom. The minimum absolute atomic E-state index is 0.803. The molecule has 1 heterocycles. The van der Waals surface area contributed by atoms with Crippen molar-refractivity contribution in [3.63, 3.8) is 0 Å². The van der Waals surface area contributed by atoms with Crippen LogP contribution in [0.4, 0.5) is 0 Å². The molecule has 0 fully saturated rings. The van der Waals surface area contributed by atoms with Crippen molar-refractivity contribution in [2.75, 3.05) is 0 Å². The number of carboxylic acids is 1. The molecule has 19 heavy (non-hydrogen) atoms. The average molecular weight is 261 g/mol. The van der Waals surface area contributed by atoms with Crippen LogP contribution in [0.5, 0.6) is 0 Å². The standard InChI is InChI=1S/C12H15N3.C2H4O2/c1-2-6-12-10-15(14-13-12)9-11-7-4-3-5-8-11;1-2(3)4/h3-5,7-8,10H,2,6,9H2,1H3;1H3,(H,3,4). The lowest BCUT2D eigenvalue weighted by molar-refractivity contribution is -0.134. The summed E-state index contributed by atoms with van der Waals surface area (Å²) in [5.74, 6) is -0.833. The minimum Gasteiger partial charge on any atom is -0.481 e. The van der Waals surface area contributed by atoms with Crippen molar-refractivity contribution in [2.24, 2.45) is 0 Å². The van der Waals surface area contributed by atoms with Gasteiger partial charge in [-0.15, -0.1) is 5.10 Å². The van der Waals surface area contributed by atoms with Gasteiger partial charge in [0.05, 0.1) is 12.2 Å². The van der Waals surface area contributed by atoms with Crippen molar-refractivity contribution < 1.29 is 9.90 Å². The van der Waals surface area contributed by atoms with Crippen molar-refractivity contribution in [3.8, 4) is 0 Å². The number of aliphatic carboxylic acids is 1. The van der Waals surface area contributed by atoms with Gasteiger partial charge in [-0.2, -0.15) is 0 Å². The summed E-state index contributed by atoms with van der Waals surface area (Å²) in [6, 6.07) is 10.3. The van der Waals surface area contributed by atoms with E-state index in [0.29, 0.717) is 0 Å². The van der Waals surface area contributed by atoms with Gasteiger partial charge in [0.1, 0.15) is 0 Å². The summed E-state index contributed by atoms with van der Waals surface area (Å²) in [6.07, 6.45) is 4.15. The summed E-state index contributed by atoms with van der Waals surface area (Å²) in [7, 11) is 0. The molecular weight excluding hydrogens is 242 g/mol. The van der Waals surface area contributed by atoms with E-state index in [1.54, 1.807) is 0 Å². The highest BCUT2D eigenvalue weighted by molar-refractivity contribution is 5.62.